The molecule has 1 aromatic carbocycles. The number of halogens is 1. The standard InChI is InChI=1S/C18H28N2O3.ClH/c1-20(12-14-6-7-16(23-2)15(21)10-14)17(22)11-18(13-19)8-4-3-5-9-18;/h6-7,10,21H,3-5,8-9,11-13,19H2,1-2H3;1H. The lowest BCUT2D eigenvalue weighted by Crippen LogP contribution is -2.39. The van der Waals surface area contributed by atoms with E-state index in [1.54, 1.807) is 24.1 Å². The first kappa shape index (κ1) is 20.6. The normalized spacial score (nSPS) is 16.1. The predicted molar refractivity (Wildman–Crippen MR) is 97.6 cm³/mol. The summed E-state index contributed by atoms with van der Waals surface area (Å²) in [4.78, 5) is 14.3. The molecule has 0 heterocycles. The Bertz CT molecular complexity index is 545. The third-order valence-corrected chi connectivity index (χ3v) is 4.96. The van der Waals surface area contributed by atoms with E-state index in [0.29, 0.717) is 25.3 Å². The van der Waals surface area contributed by atoms with E-state index in [-0.39, 0.29) is 29.5 Å². The van der Waals surface area contributed by atoms with Crippen LogP contribution in [-0.4, -0.2) is 36.6 Å². The summed E-state index contributed by atoms with van der Waals surface area (Å²) in [5.74, 6) is 0.649. The highest BCUT2D eigenvalue weighted by Crippen LogP contribution is 2.38. The van der Waals surface area contributed by atoms with Crippen LogP contribution in [0.5, 0.6) is 11.5 Å². The molecule has 1 aliphatic rings. The van der Waals surface area contributed by atoms with Crippen molar-refractivity contribution in [2.75, 3.05) is 20.7 Å². The molecule has 0 aliphatic heterocycles. The molecule has 6 heteroatoms. The Morgan fingerprint density at radius 1 is 1.33 bits per heavy atom. The molecule has 5 nitrogen and oxygen atoms in total. The Balaban J connectivity index is 0.00000288. The average Bonchev–Trinajstić information content (AvgIpc) is 2.55. The fraction of sp³-hybridized carbons (Fsp3) is 0.611. The van der Waals surface area contributed by atoms with Gasteiger partial charge in [0.2, 0.25) is 5.91 Å². The quantitative estimate of drug-likeness (QED) is 0.821. The first-order valence-electron chi connectivity index (χ1n) is 8.29. The number of nitrogens with zero attached hydrogens (tertiary/aromatic N) is 1. The highest BCUT2D eigenvalue weighted by molar-refractivity contribution is 5.85. The number of methoxy groups -OCH3 is 1. The number of benzene rings is 1. The van der Waals surface area contributed by atoms with Crippen LogP contribution in [0.2, 0.25) is 0 Å². The van der Waals surface area contributed by atoms with Gasteiger partial charge in [0.15, 0.2) is 11.5 Å². The van der Waals surface area contributed by atoms with Crippen molar-refractivity contribution in [3.05, 3.63) is 23.8 Å². The van der Waals surface area contributed by atoms with Crippen LogP contribution >= 0.6 is 12.4 Å². The number of aromatic hydroxyl groups is 1. The molecule has 2 rings (SSSR count). The molecule has 1 aromatic rings. The van der Waals surface area contributed by atoms with Gasteiger partial charge in [0.05, 0.1) is 7.11 Å². The third-order valence-electron chi connectivity index (χ3n) is 4.96. The Morgan fingerprint density at radius 2 is 2.00 bits per heavy atom. The molecule has 1 saturated carbocycles. The number of phenols is 1. The zero-order valence-electron chi connectivity index (χ0n) is 14.6. The van der Waals surface area contributed by atoms with Crippen LogP contribution in [-0.2, 0) is 11.3 Å². The lowest BCUT2D eigenvalue weighted by atomic mass is 9.71. The van der Waals surface area contributed by atoms with E-state index in [9.17, 15) is 9.90 Å². The second-order valence-corrected chi connectivity index (χ2v) is 6.70. The van der Waals surface area contributed by atoms with E-state index in [1.165, 1.54) is 26.4 Å². The molecule has 0 aromatic heterocycles. The second-order valence-electron chi connectivity index (χ2n) is 6.70. The van der Waals surface area contributed by atoms with Gasteiger partial charge in [-0.1, -0.05) is 25.3 Å². The number of rotatable bonds is 6. The van der Waals surface area contributed by atoms with Gasteiger partial charge >= 0.3 is 0 Å². The van der Waals surface area contributed by atoms with Crippen LogP contribution in [0.1, 0.15) is 44.1 Å². The molecule has 136 valence electrons. The SMILES string of the molecule is COc1ccc(CN(C)C(=O)CC2(CN)CCCCC2)cc1O.Cl. The van der Waals surface area contributed by atoms with Crippen LogP contribution in [0.25, 0.3) is 0 Å². The number of ether oxygens (including phenoxy) is 1. The Hall–Kier alpha value is -1.46. The molecular formula is C18H29ClN2O3. The van der Waals surface area contributed by atoms with Gasteiger partial charge in [-0.15, -0.1) is 12.4 Å². The summed E-state index contributed by atoms with van der Waals surface area (Å²) in [7, 11) is 3.32. The fourth-order valence-electron chi connectivity index (χ4n) is 3.41. The van der Waals surface area contributed by atoms with Crippen LogP contribution in [0, 0.1) is 5.41 Å². The number of carbonyl (C=O) groups excluding carboxylic acids is 1. The van der Waals surface area contributed by atoms with Gasteiger partial charge in [0, 0.05) is 20.0 Å². The fourth-order valence-corrected chi connectivity index (χ4v) is 3.41. The molecule has 1 aliphatic carbocycles. The smallest absolute Gasteiger partial charge is 0.223 e. The summed E-state index contributed by atoms with van der Waals surface area (Å²) in [5.41, 5.74) is 6.83. The van der Waals surface area contributed by atoms with Crippen molar-refractivity contribution in [1.82, 2.24) is 4.90 Å². The van der Waals surface area contributed by atoms with Gasteiger partial charge in [-0.25, -0.2) is 0 Å². The summed E-state index contributed by atoms with van der Waals surface area (Å²) in [6, 6.07) is 5.22. The van der Waals surface area contributed by atoms with Crippen molar-refractivity contribution in [2.24, 2.45) is 11.1 Å². The minimum atomic E-state index is -0.0222. The topological polar surface area (TPSA) is 75.8 Å². The largest absolute Gasteiger partial charge is 0.504 e. The maximum atomic E-state index is 12.6. The highest BCUT2D eigenvalue weighted by Gasteiger charge is 2.33. The molecule has 1 fully saturated rings. The highest BCUT2D eigenvalue weighted by atomic mass is 35.5. The lowest BCUT2D eigenvalue weighted by molar-refractivity contribution is -0.133. The molecule has 0 atom stereocenters. The van der Waals surface area contributed by atoms with E-state index < -0.39 is 0 Å². The minimum Gasteiger partial charge on any atom is -0.504 e. The number of amides is 1. The van der Waals surface area contributed by atoms with Gasteiger partial charge in [-0.3, -0.25) is 4.79 Å². The first-order valence-corrected chi connectivity index (χ1v) is 8.29. The van der Waals surface area contributed by atoms with Gasteiger partial charge in [0.25, 0.3) is 0 Å². The average molecular weight is 357 g/mol. The van der Waals surface area contributed by atoms with Crippen LogP contribution < -0.4 is 10.5 Å². The Labute approximate surface area is 150 Å². The maximum Gasteiger partial charge on any atom is 0.223 e. The summed E-state index contributed by atoms with van der Waals surface area (Å²) in [5, 5.41) is 9.84. The van der Waals surface area contributed by atoms with Crippen molar-refractivity contribution < 1.29 is 14.6 Å². The Kier molecular flexibility index (Phi) is 7.84. The van der Waals surface area contributed by atoms with Crippen molar-refractivity contribution in [2.45, 2.75) is 45.1 Å². The zero-order valence-corrected chi connectivity index (χ0v) is 15.4. The molecule has 0 radical (unpaired) electrons. The third kappa shape index (κ3) is 5.02. The van der Waals surface area contributed by atoms with Crippen molar-refractivity contribution in [3.8, 4) is 11.5 Å². The van der Waals surface area contributed by atoms with Gasteiger partial charge in [-0.2, -0.15) is 0 Å². The van der Waals surface area contributed by atoms with Crippen molar-refractivity contribution >= 4 is 18.3 Å². The van der Waals surface area contributed by atoms with Gasteiger partial charge < -0.3 is 20.5 Å². The van der Waals surface area contributed by atoms with Crippen LogP contribution in [0.3, 0.4) is 0 Å². The molecule has 3 N–H and O–H groups in total. The molecule has 0 bridgehead atoms. The molecule has 0 spiro atoms. The molecular weight excluding hydrogens is 328 g/mol. The minimum absolute atomic E-state index is 0. The van der Waals surface area contributed by atoms with E-state index in [2.05, 4.69) is 0 Å². The zero-order chi connectivity index (χ0) is 16.9. The molecule has 1 amide bonds. The number of phenolic OH excluding ortho intramolecular Hbond substituents is 1. The van der Waals surface area contributed by atoms with Crippen LogP contribution in [0.15, 0.2) is 18.2 Å². The lowest BCUT2D eigenvalue weighted by Gasteiger charge is -2.36. The van der Waals surface area contributed by atoms with Gasteiger partial charge in [0.1, 0.15) is 0 Å². The van der Waals surface area contributed by atoms with E-state index in [4.69, 9.17) is 10.5 Å². The van der Waals surface area contributed by atoms with E-state index >= 15 is 0 Å². The van der Waals surface area contributed by atoms with Crippen molar-refractivity contribution in [3.63, 3.8) is 0 Å². The molecule has 0 unspecified atom stereocenters. The molecule has 24 heavy (non-hydrogen) atoms. The predicted octanol–water partition coefficient (Wildman–Crippen LogP) is 3.08. The van der Waals surface area contributed by atoms with E-state index in [1.807, 2.05) is 6.07 Å². The maximum absolute atomic E-state index is 12.6. The molecule has 0 saturated heterocycles. The number of carbonyl (C=O) groups is 1. The van der Waals surface area contributed by atoms with Gasteiger partial charge in [-0.05, 0) is 42.5 Å². The number of nitrogens with two attached hydrogens (primary N) is 1. The van der Waals surface area contributed by atoms with E-state index in [0.717, 1.165) is 18.4 Å². The Morgan fingerprint density at radius 3 is 2.54 bits per heavy atom. The number of hydrogen-bond donors (Lipinski definition) is 2. The summed E-state index contributed by atoms with van der Waals surface area (Å²) < 4.78 is 5.04. The first-order chi connectivity index (χ1) is 11.0. The monoisotopic (exact) mass is 356 g/mol. The summed E-state index contributed by atoms with van der Waals surface area (Å²) >= 11 is 0. The van der Waals surface area contributed by atoms with Crippen molar-refractivity contribution in [1.29, 1.82) is 0 Å². The summed E-state index contributed by atoms with van der Waals surface area (Å²) in [6.07, 6.45) is 6.19. The van der Waals surface area contributed by atoms with Crippen LogP contribution in [0.4, 0.5) is 0 Å². The summed E-state index contributed by atoms with van der Waals surface area (Å²) in [6.45, 7) is 1.05. The number of hydrogen-bond acceptors (Lipinski definition) is 4. The second kappa shape index (κ2) is 9.14.